The second kappa shape index (κ2) is 8.11. The van der Waals surface area contributed by atoms with Crippen LogP contribution in [0.5, 0.6) is 0 Å². The molecule has 0 aliphatic heterocycles. The predicted octanol–water partition coefficient (Wildman–Crippen LogP) is 6.08. The fourth-order valence-corrected chi connectivity index (χ4v) is 3.73. The van der Waals surface area contributed by atoms with Gasteiger partial charge < -0.3 is 0 Å². The first-order valence-corrected chi connectivity index (χ1v) is 9.96. The van der Waals surface area contributed by atoms with Crippen LogP contribution in [0.2, 0.25) is 5.02 Å². The molecular formula is C22H15ClFN3OS. The molecule has 1 amide bonds. The number of hydrogen-bond acceptors (Lipinski definition) is 4. The molecule has 0 fully saturated rings. The van der Waals surface area contributed by atoms with Crippen molar-refractivity contribution in [2.24, 2.45) is 5.10 Å². The molecule has 0 bridgehead atoms. The first-order chi connectivity index (χ1) is 14.0. The van der Waals surface area contributed by atoms with Crippen LogP contribution < -0.4 is 5.01 Å². The number of aromatic nitrogens is 1. The minimum atomic E-state index is -0.357. The third-order valence-corrected chi connectivity index (χ3v) is 5.45. The average molecular weight is 424 g/mol. The van der Waals surface area contributed by atoms with Gasteiger partial charge in [-0.3, -0.25) is 4.79 Å². The summed E-state index contributed by atoms with van der Waals surface area (Å²) >= 11 is 7.13. The molecule has 0 aliphatic carbocycles. The average Bonchev–Trinajstić information content (AvgIpc) is 3.12. The van der Waals surface area contributed by atoms with Crippen molar-refractivity contribution in [2.45, 2.75) is 6.92 Å². The van der Waals surface area contributed by atoms with Gasteiger partial charge in [0.15, 0.2) is 0 Å². The van der Waals surface area contributed by atoms with Crippen LogP contribution in [0.15, 0.2) is 71.8 Å². The third-order valence-electron chi connectivity index (χ3n) is 4.20. The zero-order valence-electron chi connectivity index (χ0n) is 15.3. The molecule has 0 aliphatic rings. The van der Waals surface area contributed by atoms with Crippen molar-refractivity contribution in [1.82, 2.24) is 4.98 Å². The monoisotopic (exact) mass is 423 g/mol. The van der Waals surface area contributed by atoms with Crippen molar-refractivity contribution in [3.8, 4) is 0 Å². The molecule has 4 aromatic rings. The summed E-state index contributed by atoms with van der Waals surface area (Å²) in [5, 5.41) is 6.51. The molecule has 3 aromatic carbocycles. The number of aryl methyl sites for hydroxylation is 1. The standard InChI is InChI=1S/C22H15ClFN3OS/c1-14-2-4-15(5-3-14)13-25-27(21(28)16-6-8-17(23)9-7-16)22-26-19-11-10-18(24)12-20(19)29-22/h2-13H,1H3/b25-13+. The van der Waals surface area contributed by atoms with Crippen molar-refractivity contribution in [1.29, 1.82) is 0 Å². The van der Waals surface area contributed by atoms with E-state index in [4.69, 9.17) is 11.6 Å². The Balaban J connectivity index is 1.75. The summed E-state index contributed by atoms with van der Waals surface area (Å²) in [4.78, 5) is 17.6. The molecule has 0 saturated carbocycles. The highest BCUT2D eigenvalue weighted by Gasteiger charge is 2.21. The zero-order valence-corrected chi connectivity index (χ0v) is 16.9. The van der Waals surface area contributed by atoms with Gasteiger partial charge in [-0.1, -0.05) is 52.8 Å². The predicted molar refractivity (Wildman–Crippen MR) is 117 cm³/mol. The molecule has 0 atom stereocenters. The molecule has 1 aromatic heterocycles. The van der Waals surface area contributed by atoms with E-state index in [1.54, 1.807) is 36.5 Å². The quantitative estimate of drug-likeness (QED) is 0.295. The lowest BCUT2D eigenvalue weighted by Gasteiger charge is -2.14. The number of anilines is 1. The van der Waals surface area contributed by atoms with Crippen LogP contribution >= 0.6 is 22.9 Å². The Bertz CT molecular complexity index is 1200. The lowest BCUT2D eigenvalue weighted by molar-refractivity contribution is 0.0988. The van der Waals surface area contributed by atoms with Gasteiger partial charge in [0.2, 0.25) is 5.13 Å². The summed E-state index contributed by atoms with van der Waals surface area (Å²) in [7, 11) is 0. The van der Waals surface area contributed by atoms with E-state index in [1.807, 2.05) is 31.2 Å². The number of rotatable bonds is 4. The molecule has 0 spiro atoms. The van der Waals surface area contributed by atoms with E-state index < -0.39 is 0 Å². The first kappa shape index (κ1) is 19.2. The third kappa shape index (κ3) is 4.34. The van der Waals surface area contributed by atoms with Crippen LogP contribution in [0.1, 0.15) is 21.5 Å². The van der Waals surface area contributed by atoms with Crippen molar-refractivity contribution in [3.05, 3.63) is 94.3 Å². The highest BCUT2D eigenvalue weighted by Crippen LogP contribution is 2.30. The zero-order chi connectivity index (χ0) is 20.4. The minimum Gasteiger partial charge on any atom is -0.267 e. The SMILES string of the molecule is Cc1ccc(/C=N/N(C(=O)c2ccc(Cl)cc2)c2nc3ccc(F)cc3s2)cc1. The van der Waals surface area contributed by atoms with Crippen molar-refractivity contribution in [3.63, 3.8) is 0 Å². The highest BCUT2D eigenvalue weighted by atomic mass is 35.5. The lowest BCUT2D eigenvalue weighted by Crippen LogP contribution is -2.25. The van der Waals surface area contributed by atoms with Gasteiger partial charge in [-0.05, 0) is 55.0 Å². The maximum Gasteiger partial charge on any atom is 0.280 e. The first-order valence-electron chi connectivity index (χ1n) is 8.76. The maximum atomic E-state index is 13.6. The molecule has 1 heterocycles. The minimum absolute atomic E-state index is 0.355. The van der Waals surface area contributed by atoms with Gasteiger partial charge >= 0.3 is 0 Å². The molecular weight excluding hydrogens is 409 g/mol. The van der Waals surface area contributed by atoms with Crippen LogP contribution in [0.25, 0.3) is 10.2 Å². The summed E-state index contributed by atoms with van der Waals surface area (Å²) in [6.45, 7) is 2.00. The summed E-state index contributed by atoms with van der Waals surface area (Å²) < 4.78 is 14.2. The summed E-state index contributed by atoms with van der Waals surface area (Å²) in [6.07, 6.45) is 1.60. The smallest absolute Gasteiger partial charge is 0.267 e. The highest BCUT2D eigenvalue weighted by molar-refractivity contribution is 7.22. The number of fused-ring (bicyclic) bond motifs is 1. The van der Waals surface area contributed by atoms with Crippen molar-refractivity contribution in [2.75, 3.05) is 5.01 Å². The molecule has 144 valence electrons. The summed E-state index contributed by atoms with van der Waals surface area (Å²) in [6, 6.07) is 18.6. The molecule has 4 rings (SSSR count). The topological polar surface area (TPSA) is 45.6 Å². The van der Waals surface area contributed by atoms with Gasteiger partial charge in [-0.15, -0.1) is 0 Å². The largest absolute Gasteiger partial charge is 0.280 e. The Morgan fingerprint density at radius 3 is 2.55 bits per heavy atom. The van der Waals surface area contributed by atoms with Crippen molar-refractivity contribution < 1.29 is 9.18 Å². The summed E-state index contributed by atoms with van der Waals surface area (Å²) in [5.74, 6) is -0.712. The molecule has 7 heteroatoms. The van der Waals surface area contributed by atoms with E-state index in [2.05, 4.69) is 10.1 Å². The van der Waals surface area contributed by atoms with Gasteiger partial charge in [-0.25, -0.2) is 9.37 Å². The fourth-order valence-electron chi connectivity index (χ4n) is 2.66. The number of nitrogens with zero attached hydrogens (tertiary/aromatic N) is 3. The van der Waals surface area contributed by atoms with Gasteiger partial charge in [0.05, 0.1) is 16.4 Å². The van der Waals surface area contributed by atoms with Crippen LogP contribution in [0.3, 0.4) is 0 Å². The molecule has 4 nitrogen and oxygen atoms in total. The molecule has 0 radical (unpaired) electrons. The molecule has 0 unspecified atom stereocenters. The lowest BCUT2D eigenvalue weighted by atomic mass is 10.2. The Morgan fingerprint density at radius 2 is 1.83 bits per heavy atom. The Labute approximate surface area is 175 Å². The Hall–Kier alpha value is -3.09. The molecule has 29 heavy (non-hydrogen) atoms. The Kier molecular flexibility index (Phi) is 5.38. The number of carbonyl (C=O) groups is 1. The van der Waals surface area contributed by atoms with Crippen LogP contribution in [-0.4, -0.2) is 17.1 Å². The number of thiazole rings is 1. The number of amides is 1. The van der Waals surface area contributed by atoms with Gasteiger partial charge in [-0.2, -0.15) is 10.1 Å². The van der Waals surface area contributed by atoms with Gasteiger partial charge in [0, 0.05) is 10.6 Å². The molecule has 0 saturated heterocycles. The number of hydrogen-bond donors (Lipinski definition) is 0. The second-order valence-corrected chi connectivity index (χ2v) is 7.83. The van der Waals surface area contributed by atoms with E-state index in [1.165, 1.54) is 28.5 Å². The van der Waals surface area contributed by atoms with Crippen molar-refractivity contribution >= 4 is 50.4 Å². The van der Waals surface area contributed by atoms with E-state index >= 15 is 0 Å². The normalized spacial score (nSPS) is 11.3. The molecule has 0 N–H and O–H groups in total. The van der Waals surface area contributed by atoms with E-state index in [-0.39, 0.29) is 11.7 Å². The van der Waals surface area contributed by atoms with Gasteiger partial charge in [0.25, 0.3) is 5.91 Å². The fraction of sp³-hybridized carbons (Fsp3) is 0.0455. The van der Waals surface area contributed by atoms with Crippen LogP contribution in [-0.2, 0) is 0 Å². The van der Waals surface area contributed by atoms with Crippen LogP contribution in [0, 0.1) is 12.7 Å². The number of halogens is 2. The number of benzene rings is 3. The maximum absolute atomic E-state index is 13.6. The van der Waals surface area contributed by atoms with E-state index in [9.17, 15) is 9.18 Å². The van der Waals surface area contributed by atoms with E-state index in [0.717, 1.165) is 11.1 Å². The van der Waals surface area contributed by atoms with E-state index in [0.29, 0.717) is 25.9 Å². The number of hydrazone groups is 1. The van der Waals surface area contributed by atoms with Crippen LogP contribution in [0.4, 0.5) is 9.52 Å². The second-order valence-electron chi connectivity index (χ2n) is 6.39. The summed E-state index contributed by atoms with van der Waals surface area (Å²) in [5.41, 5.74) is 2.99. The Morgan fingerprint density at radius 1 is 1.10 bits per heavy atom. The number of carbonyl (C=O) groups excluding carboxylic acids is 1. The van der Waals surface area contributed by atoms with Gasteiger partial charge in [0.1, 0.15) is 5.82 Å².